The minimum Gasteiger partial charge on any atom is -0.493 e. The topological polar surface area (TPSA) is 75.4 Å². The minimum absolute atomic E-state index is 0.153. The van der Waals surface area contributed by atoms with Gasteiger partial charge in [-0.3, -0.25) is 4.79 Å². The molecular formula is C10H9BrN4O2. The van der Waals surface area contributed by atoms with Crippen LogP contribution in [0.3, 0.4) is 0 Å². The number of nitrogens with zero attached hydrogens (tertiary/aromatic N) is 3. The Hall–Kier alpha value is -1.76. The fourth-order valence-corrected chi connectivity index (χ4v) is 1.81. The highest BCUT2D eigenvalue weighted by molar-refractivity contribution is 9.10. The first-order valence-electron chi connectivity index (χ1n) is 4.80. The van der Waals surface area contributed by atoms with Crippen LogP contribution in [0.15, 0.2) is 38.0 Å². The van der Waals surface area contributed by atoms with Gasteiger partial charge < -0.3 is 4.74 Å². The highest BCUT2D eigenvalue weighted by Gasteiger charge is 2.14. The normalized spacial score (nSPS) is 14.9. The van der Waals surface area contributed by atoms with Crippen molar-refractivity contribution in [3.63, 3.8) is 0 Å². The van der Waals surface area contributed by atoms with Gasteiger partial charge in [-0.15, -0.1) is 10.2 Å². The SMILES string of the molecule is COc1c(Br)cccc1N=NC1=NNC(=O)C1. The maximum Gasteiger partial charge on any atom is 0.247 e. The molecule has 1 aliphatic rings. The molecule has 0 radical (unpaired) electrons. The Kier molecular flexibility index (Phi) is 3.48. The average molecular weight is 297 g/mol. The molecule has 0 aromatic heterocycles. The zero-order valence-corrected chi connectivity index (χ0v) is 10.6. The van der Waals surface area contributed by atoms with Gasteiger partial charge in [-0.25, -0.2) is 5.43 Å². The lowest BCUT2D eigenvalue weighted by Crippen LogP contribution is -2.08. The van der Waals surface area contributed by atoms with E-state index in [2.05, 4.69) is 36.7 Å². The van der Waals surface area contributed by atoms with Gasteiger partial charge in [0, 0.05) is 0 Å². The summed E-state index contributed by atoms with van der Waals surface area (Å²) in [7, 11) is 1.55. The monoisotopic (exact) mass is 296 g/mol. The number of hydrazone groups is 1. The quantitative estimate of drug-likeness (QED) is 0.851. The number of carbonyl (C=O) groups excluding carboxylic acids is 1. The Morgan fingerprint density at radius 3 is 2.94 bits per heavy atom. The third-order valence-corrected chi connectivity index (χ3v) is 2.68. The van der Waals surface area contributed by atoms with E-state index in [-0.39, 0.29) is 12.3 Å². The molecule has 1 aromatic rings. The van der Waals surface area contributed by atoms with Crippen LogP contribution in [-0.4, -0.2) is 18.9 Å². The van der Waals surface area contributed by atoms with E-state index >= 15 is 0 Å². The highest BCUT2D eigenvalue weighted by atomic mass is 79.9. The van der Waals surface area contributed by atoms with Crippen LogP contribution in [0.4, 0.5) is 5.69 Å². The second-order valence-corrected chi connectivity index (χ2v) is 4.09. The molecule has 1 aliphatic heterocycles. The van der Waals surface area contributed by atoms with Crippen molar-refractivity contribution in [3.8, 4) is 5.75 Å². The number of hydrogen-bond donors (Lipinski definition) is 1. The lowest BCUT2D eigenvalue weighted by Gasteiger charge is -2.04. The summed E-state index contributed by atoms with van der Waals surface area (Å²) in [6.07, 6.45) is 0.153. The number of ether oxygens (including phenoxy) is 1. The van der Waals surface area contributed by atoms with E-state index < -0.39 is 0 Å². The molecule has 1 heterocycles. The number of methoxy groups -OCH3 is 1. The van der Waals surface area contributed by atoms with Gasteiger partial charge in [-0.1, -0.05) is 6.07 Å². The summed E-state index contributed by atoms with van der Waals surface area (Å²) >= 11 is 3.35. The average Bonchev–Trinajstić information content (AvgIpc) is 2.72. The number of para-hydroxylation sites is 1. The van der Waals surface area contributed by atoms with Gasteiger partial charge in [0.05, 0.1) is 18.0 Å². The van der Waals surface area contributed by atoms with Gasteiger partial charge in [0.15, 0.2) is 11.6 Å². The molecule has 0 saturated carbocycles. The highest BCUT2D eigenvalue weighted by Crippen LogP contribution is 2.35. The third-order valence-electron chi connectivity index (χ3n) is 2.05. The van der Waals surface area contributed by atoms with E-state index in [1.807, 2.05) is 12.1 Å². The van der Waals surface area contributed by atoms with Crippen molar-refractivity contribution in [2.45, 2.75) is 6.42 Å². The summed E-state index contributed by atoms with van der Waals surface area (Å²) in [5.74, 6) is 0.770. The van der Waals surface area contributed by atoms with E-state index in [0.717, 1.165) is 4.47 Å². The third kappa shape index (κ3) is 2.68. The molecular weight excluding hydrogens is 288 g/mol. The molecule has 0 unspecified atom stereocenters. The predicted molar refractivity (Wildman–Crippen MR) is 65.4 cm³/mol. The van der Waals surface area contributed by atoms with E-state index in [9.17, 15) is 4.79 Å². The summed E-state index contributed by atoms with van der Waals surface area (Å²) in [6.45, 7) is 0. The number of amidine groups is 1. The first-order valence-corrected chi connectivity index (χ1v) is 5.59. The number of hydrogen-bond acceptors (Lipinski definition) is 5. The van der Waals surface area contributed by atoms with Gasteiger partial charge in [0.25, 0.3) is 0 Å². The lowest BCUT2D eigenvalue weighted by molar-refractivity contribution is -0.119. The Morgan fingerprint density at radius 2 is 2.29 bits per heavy atom. The van der Waals surface area contributed by atoms with Gasteiger partial charge in [-0.2, -0.15) is 5.10 Å². The summed E-state index contributed by atoms with van der Waals surface area (Å²) in [5.41, 5.74) is 2.87. The zero-order chi connectivity index (χ0) is 12.3. The van der Waals surface area contributed by atoms with Crippen LogP contribution in [0.5, 0.6) is 5.75 Å². The Bertz CT molecular complexity index is 513. The van der Waals surface area contributed by atoms with Crippen LogP contribution in [0.25, 0.3) is 0 Å². The summed E-state index contributed by atoms with van der Waals surface area (Å²) in [4.78, 5) is 10.9. The zero-order valence-electron chi connectivity index (χ0n) is 8.98. The molecule has 6 nitrogen and oxygen atoms in total. The molecule has 0 spiro atoms. The summed E-state index contributed by atoms with van der Waals surface area (Å²) in [6, 6.07) is 5.43. The first kappa shape index (κ1) is 11.7. The van der Waals surface area contributed by atoms with Crippen molar-refractivity contribution >= 4 is 33.4 Å². The van der Waals surface area contributed by atoms with Crippen molar-refractivity contribution < 1.29 is 9.53 Å². The molecule has 0 bridgehead atoms. The molecule has 0 atom stereocenters. The van der Waals surface area contributed by atoms with Crippen LogP contribution < -0.4 is 10.2 Å². The number of azo groups is 1. The summed E-state index contributed by atoms with van der Waals surface area (Å²) in [5, 5.41) is 11.6. The lowest BCUT2D eigenvalue weighted by atomic mass is 10.3. The molecule has 0 fully saturated rings. The molecule has 1 amide bonds. The van der Waals surface area contributed by atoms with Gasteiger partial charge in [0.2, 0.25) is 5.91 Å². The fourth-order valence-electron chi connectivity index (χ4n) is 1.30. The predicted octanol–water partition coefficient (Wildman–Crippen LogP) is 2.37. The number of rotatable bonds is 2. The van der Waals surface area contributed by atoms with E-state index in [1.165, 1.54) is 0 Å². The molecule has 17 heavy (non-hydrogen) atoms. The molecule has 0 saturated heterocycles. The molecule has 2 rings (SSSR count). The van der Waals surface area contributed by atoms with Crippen molar-refractivity contribution in [1.29, 1.82) is 0 Å². The van der Waals surface area contributed by atoms with Crippen LogP contribution in [0.2, 0.25) is 0 Å². The van der Waals surface area contributed by atoms with Crippen molar-refractivity contribution in [2.24, 2.45) is 15.3 Å². The van der Waals surface area contributed by atoms with Crippen molar-refractivity contribution in [2.75, 3.05) is 7.11 Å². The second kappa shape index (κ2) is 5.05. The second-order valence-electron chi connectivity index (χ2n) is 3.23. The van der Waals surface area contributed by atoms with E-state index in [4.69, 9.17) is 4.74 Å². The van der Waals surface area contributed by atoms with Crippen molar-refractivity contribution in [1.82, 2.24) is 5.43 Å². The van der Waals surface area contributed by atoms with E-state index in [0.29, 0.717) is 17.3 Å². The minimum atomic E-state index is -0.180. The number of carbonyl (C=O) groups is 1. The van der Waals surface area contributed by atoms with Crippen LogP contribution in [0, 0.1) is 0 Å². The Morgan fingerprint density at radius 1 is 1.47 bits per heavy atom. The Labute approximate surface area is 106 Å². The van der Waals surface area contributed by atoms with Gasteiger partial charge >= 0.3 is 0 Å². The molecule has 88 valence electrons. The van der Waals surface area contributed by atoms with Crippen LogP contribution in [-0.2, 0) is 4.79 Å². The largest absolute Gasteiger partial charge is 0.493 e. The molecule has 1 aromatic carbocycles. The van der Waals surface area contributed by atoms with Crippen LogP contribution in [0.1, 0.15) is 6.42 Å². The first-order chi connectivity index (χ1) is 8.20. The summed E-state index contributed by atoms with van der Waals surface area (Å²) < 4.78 is 5.98. The molecule has 1 N–H and O–H groups in total. The van der Waals surface area contributed by atoms with Gasteiger partial charge in [0.1, 0.15) is 5.69 Å². The van der Waals surface area contributed by atoms with Crippen LogP contribution >= 0.6 is 15.9 Å². The maximum absolute atomic E-state index is 10.9. The molecule has 7 heteroatoms. The standard InChI is InChI=1S/C10H9BrN4O2/c1-17-10-6(11)3-2-4-7(10)12-13-8-5-9(16)15-14-8/h2-4H,5H2,1H3,(H,15,16). The number of benzene rings is 1. The van der Waals surface area contributed by atoms with Crippen molar-refractivity contribution in [3.05, 3.63) is 22.7 Å². The van der Waals surface area contributed by atoms with Gasteiger partial charge in [-0.05, 0) is 28.1 Å². The number of amides is 1. The van der Waals surface area contributed by atoms with E-state index in [1.54, 1.807) is 13.2 Å². The number of nitrogens with one attached hydrogen (secondary N) is 1. The number of halogens is 1. The Balaban J connectivity index is 2.21. The fraction of sp³-hybridized carbons (Fsp3) is 0.200. The smallest absolute Gasteiger partial charge is 0.247 e. The maximum atomic E-state index is 10.9. The molecule has 0 aliphatic carbocycles.